The third-order valence-corrected chi connectivity index (χ3v) is 7.92. The molecule has 0 aromatic heterocycles. The number of hydrogen-bond donors (Lipinski definition) is 1. The van der Waals surface area contributed by atoms with E-state index in [4.69, 9.17) is 14.2 Å². The lowest BCUT2D eigenvalue weighted by Crippen LogP contribution is -2.50. The number of hydrogen-bond acceptors (Lipinski definition) is 6. The van der Waals surface area contributed by atoms with E-state index in [-0.39, 0.29) is 42.7 Å². The van der Waals surface area contributed by atoms with Crippen LogP contribution in [0.3, 0.4) is 0 Å². The molecule has 292 valence electrons. The number of aliphatic carboxylic acids is 1. The minimum Gasteiger partial charge on any atom is -0.477 e. The van der Waals surface area contributed by atoms with E-state index in [2.05, 4.69) is 56.4 Å². The highest BCUT2D eigenvalue weighted by Crippen LogP contribution is 2.12. The molecular weight excluding hydrogens is 654 g/mol. The Morgan fingerprint density at radius 1 is 0.577 bits per heavy atom. The van der Waals surface area contributed by atoms with Gasteiger partial charge in [0.05, 0.1) is 34.4 Å². The number of likely N-dealkylation sites (N-methyl/N-ethyl adjacent to an activating group) is 1. The maximum absolute atomic E-state index is 12.6. The first-order valence-corrected chi connectivity index (χ1v) is 19.4. The minimum absolute atomic E-state index is 0.0214. The van der Waals surface area contributed by atoms with E-state index in [1.54, 1.807) is 0 Å². The lowest BCUT2D eigenvalue weighted by Gasteiger charge is -2.31. The van der Waals surface area contributed by atoms with Gasteiger partial charge in [0.1, 0.15) is 6.61 Å². The van der Waals surface area contributed by atoms with Gasteiger partial charge in [0.15, 0.2) is 12.1 Å². The molecule has 0 spiro atoms. The molecule has 52 heavy (non-hydrogen) atoms. The van der Waals surface area contributed by atoms with E-state index < -0.39 is 18.1 Å². The molecule has 0 saturated heterocycles. The van der Waals surface area contributed by atoms with Gasteiger partial charge in [-0.25, -0.2) is 4.79 Å². The number of esters is 2. The summed E-state index contributed by atoms with van der Waals surface area (Å²) in [7, 11) is 5.47. The van der Waals surface area contributed by atoms with Crippen LogP contribution < -0.4 is 0 Å². The summed E-state index contributed by atoms with van der Waals surface area (Å²) in [5.41, 5.74) is 0. The summed E-state index contributed by atoms with van der Waals surface area (Å²) in [5, 5.41) is 9.59. The highest BCUT2D eigenvalue weighted by Gasteiger charge is 2.31. The molecule has 0 fully saturated rings. The Hall–Kier alpha value is -3.75. The Morgan fingerprint density at radius 2 is 1.04 bits per heavy atom. The van der Waals surface area contributed by atoms with Crippen LogP contribution in [0.5, 0.6) is 0 Å². The van der Waals surface area contributed by atoms with E-state index in [1.165, 1.54) is 19.3 Å². The average molecular weight is 725 g/mol. The molecule has 0 saturated carbocycles. The predicted octanol–water partition coefficient (Wildman–Crippen LogP) is 9.96. The van der Waals surface area contributed by atoms with Crippen LogP contribution in [0.2, 0.25) is 0 Å². The van der Waals surface area contributed by atoms with Gasteiger partial charge in [0.2, 0.25) is 0 Å². The molecule has 0 aliphatic rings. The van der Waals surface area contributed by atoms with Crippen molar-refractivity contribution in [3.05, 3.63) is 97.2 Å². The van der Waals surface area contributed by atoms with Crippen molar-refractivity contribution in [1.29, 1.82) is 0 Å². The molecule has 0 radical (unpaired) electrons. The van der Waals surface area contributed by atoms with Crippen molar-refractivity contribution in [1.82, 2.24) is 0 Å². The average Bonchev–Trinajstić information content (AvgIpc) is 3.09. The minimum atomic E-state index is -0.895. The Balaban J connectivity index is 4.56. The quantitative estimate of drug-likeness (QED) is 0.0319. The number of unbranched alkanes of at least 4 members (excludes halogenated alkanes) is 8. The second-order valence-corrected chi connectivity index (χ2v) is 13.6. The summed E-state index contributed by atoms with van der Waals surface area (Å²) in [6, 6.07) is -0.634. The van der Waals surface area contributed by atoms with Crippen LogP contribution in [0.15, 0.2) is 97.2 Å². The molecule has 2 atom stereocenters. The highest BCUT2D eigenvalue weighted by molar-refractivity contribution is 5.72. The summed E-state index contributed by atoms with van der Waals surface area (Å²) in [5.74, 6) is -1.60. The van der Waals surface area contributed by atoms with Crippen molar-refractivity contribution in [3.63, 3.8) is 0 Å². The molecule has 2 unspecified atom stereocenters. The number of carbonyl (C=O) groups is 3. The Morgan fingerprint density at radius 3 is 1.56 bits per heavy atom. The molecule has 8 nitrogen and oxygen atoms in total. The second kappa shape index (κ2) is 34.3. The first kappa shape index (κ1) is 48.2. The number of nitrogens with zero attached hydrogens (tertiary/aromatic N) is 1. The third kappa shape index (κ3) is 32.2. The van der Waals surface area contributed by atoms with E-state index in [0.29, 0.717) is 19.3 Å². The maximum Gasteiger partial charge on any atom is 0.362 e. The fourth-order valence-electron chi connectivity index (χ4n) is 4.94. The van der Waals surface area contributed by atoms with Gasteiger partial charge in [-0.3, -0.25) is 9.59 Å². The third-order valence-electron chi connectivity index (χ3n) is 7.92. The van der Waals surface area contributed by atoms with Crippen LogP contribution in [0.25, 0.3) is 0 Å². The zero-order chi connectivity index (χ0) is 38.5. The van der Waals surface area contributed by atoms with Gasteiger partial charge in [-0.05, 0) is 44.9 Å². The molecule has 0 rings (SSSR count). The van der Waals surface area contributed by atoms with E-state index >= 15 is 0 Å². The lowest BCUT2D eigenvalue weighted by molar-refractivity contribution is -0.887. The fraction of sp³-hybridized carbons (Fsp3) is 0.568. The number of ether oxygens (including phenoxy) is 3. The molecule has 0 aliphatic carbocycles. The number of carboxylic acids is 1. The van der Waals surface area contributed by atoms with E-state index in [1.807, 2.05) is 75.8 Å². The Kier molecular flexibility index (Phi) is 31.9. The topological polar surface area (TPSA) is 99.1 Å². The summed E-state index contributed by atoms with van der Waals surface area (Å²) in [4.78, 5) is 36.8. The maximum atomic E-state index is 12.6. The molecule has 0 aliphatic heterocycles. The molecule has 0 aromatic carbocycles. The summed E-state index contributed by atoms with van der Waals surface area (Å²) < 4.78 is 17.1. The first-order chi connectivity index (χ1) is 25.1. The van der Waals surface area contributed by atoms with Crippen molar-refractivity contribution in [3.8, 4) is 0 Å². The SMILES string of the molecule is CC/C=C/C=C/C=C/C=C/C=C/CCCC(=O)OC(COCCC(C(=O)O)[N+](C)(C)C)COC(=O)CCCCCCCCC/C=C/C=C/C=C/CC. The van der Waals surface area contributed by atoms with E-state index in [9.17, 15) is 19.5 Å². The largest absolute Gasteiger partial charge is 0.477 e. The summed E-state index contributed by atoms with van der Waals surface area (Å²) in [6.45, 7) is 4.33. The van der Waals surface area contributed by atoms with Crippen LogP contribution in [0.4, 0.5) is 0 Å². The van der Waals surface area contributed by atoms with Gasteiger partial charge in [0, 0.05) is 19.3 Å². The zero-order valence-corrected chi connectivity index (χ0v) is 33.0. The van der Waals surface area contributed by atoms with Crippen LogP contribution in [-0.4, -0.2) is 80.6 Å². The molecule has 0 bridgehead atoms. The Labute approximate surface area is 316 Å². The first-order valence-electron chi connectivity index (χ1n) is 19.4. The number of rotatable bonds is 32. The number of allylic oxidation sites excluding steroid dienone is 16. The van der Waals surface area contributed by atoms with Crippen molar-refractivity contribution in [2.45, 2.75) is 122 Å². The predicted molar refractivity (Wildman–Crippen MR) is 215 cm³/mol. The summed E-state index contributed by atoms with van der Waals surface area (Å²) >= 11 is 0. The van der Waals surface area contributed by atoms with Crippen LogP contribution in [0, 0.1) is 0 Å². The van der Waals surface area contributed by atoms with Gasteiger partial charge in [-0.1, -0.05) is 143 Å². The van der Waals surface area contributed by atoms with Gasteiger partial charge < -0.3 is 23.8 Å². The van der Waals surface area contributed by atoms with Crippen molar-refractivity contribution >= 4 is 17.9 Å². The number of carbonyl (C=O) groups excluding carboxylic acids is 2. The van der Waals surface area contributed by atoms with Gasteiger partial charge in [0.25, 0.3) is 0 Å². The smallest absolute Gasteiger partial charge is 0.362 e. The van der Waals surface area contributed by atoms with Crippen molar-refractivity contribution in [2.24, 2.45) is 0 Å². The summed E-state index contributed by atoms with van der Waals surface area (Å²) in [6.07, 6.45) is 44.6. The normalized spacial score (nSPS) is 14.1. The fourth-order valence-corrected chi connectivity index (χ4v) is 4.94. The Bertz CT molecular complexity index is 1170. The van der Waals surface area contributed by atoms with Gasteiger partial charge in [-0.2, -0.15) is 0 Å². The number of quaternary nitrogens is 1. The molecule has 8 heteroatoms. The van der Waals surface area contributed by atoms with Gasteiger partial charge >= 0.3 is 17.9 Å². The molecule has 0 heterocycles. The van der Waals surface area contributed by atoms with E-state index in [0.717, 1.165) is 51.4 Å². The van der Waals surface area contributed by atoms with Crippen LogP contribution >= 0.6 is 0 Å². The molecule has 1 N–H and O–H groups in total. The van der Waals surface area contributed by atoms with Crippen LogP contribution in [0.1, 0.15) is 110 Å². The van der Waals surface area contributed by atoms with Crippen molar-refractivity contribution < 1.29 is 38.2 Å². The highest BCUT2D eigenvalue weighted by atomic mass is 16.6. The van der Waals surface area contributed by atoms with Crippen molar-refractivity contribution in [2.75, 3.05) is 41.0 Å². The molecule has 0 amide bonds. The molecule has 0 aromatic rings. The van der Waals surface area contributed by atoms with Crippen LogP contribution in [-0.2, 0) is 28.6 Å². The standard InChI is InChI=1S/C44H69NO7/c1-6-8-10-12-14-16-18-20-21-23-24-26-28-30-32-34-42(46)51-39-40(38-50-37-36-41(44(48)49)45(3,4)5)52-43(47)35-33-31-29-27-25-22-19-17-15-13-11-9-7-2/h8-19,22,25,27,29,40-41H,6-7,20-21,23-24,26,28,30-39H2,1-5H3/p+1/b10-8+,11-9+,14-12+,15-13+,18-16+,19-17+,25-22+,29-27+. The monoisotopic (exact) mass is 725 g/mol. The zero-order valence-electron chi connectivity index (χ0n) is 33.0. The van der Waals surface area contributed by atoms with Gasteiger partial charge in [-0.15, -0.1) is 0 Å². The number of carboxylic acid groups (broad SMARTS) is 1. The lowest BCUT2D eigenvalue weighted by atomic mass is 10.1. The second-order valence-electron chi connectivity index (χ2n) is 13.6. The molecular formula is C44H70NO7+.